The summed E-state index contributed by atoms with van der Waals surface area (Å²) in [5.74, 6) is 1.73. The normalized spacial score (nSPS) is 31.3. The molecule has 0 saturated carbocycles. The third-order valence-corrected chi connectivity index (χ3v) is 4.27. The average molecular weight is 204 g/mol. The Morgan fingerprint density at radius 3 is 2.73 bits per heavy atom. The quantitative estimate of drug-likeness (QED) is 0.575. The van der Waals surface area contributed by atoms with Crippen molar-refractivity contribution in [3.8, 4) is 0 Å². The van der Waals surface area contributed by atoms with Gasteiger partial charge in [-0.15, -0.1) is 0 Å². The van der Waals surface area contributed by atoms with Gasteiger partial charge in [0.15, 0.2) is 0 Å². The second kappa shape index (κ2) is 5.01. The summed E-state index contributed by atoms with van der Waals surface area (Å²) in [4.78, 5) is 0. The third kappa shape index (κ3) is 2.19. The molecule has 84 valence electrons. The molecule has 0 aliphatic heterocycles. The van der Waals surface area contributed by atoms with Crippen LogP contribution in [0.5, 0.6) is 0 Å². The topological polar surface area (TPSA) is 0 Å². The molecule has 15 heavy (non-hydrogen) atoms. The fourth-order valence-electron chi connectivity index (χ4n) is 3.32. The van der Waals surface area contributed by atoms with Gasteiger partial charge in [0.1, 0.15) is 0 Å². The molecule has 0 bridgehead atoms. The van der Waals surface area contributed by atoms with Gasteiger partial charge in [-0.1, -0.05) is 43.6 Å². The summed E-state index contributed by atoms with van der Waals surface area (Å²) < 4.78 is 0. The van der Waals surface area contributed by atoms with E-state index in [4.69, 9.17) is 0 Å². The Labute approximate surface area is 94.5 Å². The van der Waals surface area contributed by atoms with Gasteiger partial charge in [0.25, 0.3) is 0 Å². The predicted octanol–water partition coefficient (Wildman–Crippen LogP) is 4.87. The molecule has 2 atom stereocenters. The third-order valence-electron chi connectivity index (χ3n) is 4.27. The number of hydrogen-bond acceptors (Lipinski definition) is 0. The van der Waals surface area contributed by atoms with Gasteiger partial charge in [-0.25, -0.2) is 0 Å². The van der Waals surface area contributed by atoms with Crippen LogP contribution in [-0.4, -0.2) is 0 Å². The summed E-state index contributed by atoms with van der Waals surface area (Å²) in [6.45, 7) is 4.68. The lowest BCUT2D eigenvalue weighted by atomic mass is 9.78. The Balaban J connectivity index is 2.19. The molecule has 0 amide bonds. The van der Waals surface area contributed by atoms with Crippen molar-refractivity contribution in [2.24, 2.45) is 11.8 Å². The molecule has 2 aliphatic rings. The maximum Gasteiger partial charge on any atom is 0.00105 e. The Kier molecular flexibility index (Phi) is 3.66. The first kappa shape index (κ1) is 11.0. The Hall–Kier alpha value is -0.520. The molecule has 0 heterocycles. The molecule has 0 radical (unpaired) electrons. The van der Waals surface area contributed by atoms with Crippen molar-refractivity contribution in [3.63, 3.8) is 0 Å². The summed E-state index contributed by atoms with van der Waals surface area (Å²) in [5.41, 5.74) is 3.61. The van der Waals surface area contributed by atoms with E-state index in [-0.39, 0.29) is 0 Å². The highest BCUT2D eigenvalue weighted by molar-refractivity contribution is 5.26. The Morgan fingerprint density at radius 1 is 1.20 bits per heavy atom. The van der Waals surface area contributed by atoms with E-state index in [1.807, 2.05) is 5.57 Å². The Bertz CT molecular complexity index is 270. The summed E-state index contributed by atoms with van der Waals surface area (Å²) in [5, 5.41) is 0. The van der Waals surface area contributed by atoms with Gasteiger partial charge in [-0.3, -0.25) is 0 Å². The lowest BCUT2D eigenvalue weighted by molar-refractivity contribution is 0.430. The van der Waals surface area contributed by atoms with Gasteiger partial charge in [-0.2, -0.15) is 0 Å². The fraction of sp³-hybridized carbons (Fsp3) is 0.733. The van der Waals surface area contributed by atoms with Crippen LogP contribution in [0.1, 0.15) is 58.8 Å². The van der Waals surface area contributed by atoms with Crippen molar-refractivity contribution in [2.45, 2.75) is 58.8 Å². The van der Waals surface area contributed by atoms with Crippen LogP contribution in [-0.2, 0) is 0 Å². The molecule has 0 N–H and O–H groups in total. The van der Waals surface area contributed by atoms with Crippen molar-refractivity contribution in [2.75, 3.05) is 0 Å². The van der Waals surface area contributed by atoms with Crippen molar-refractivity contribution >= 4 is 0 Å². The maximum atomic E-state index is 2.49. The molecule has 0 aromatic heterocycles. The van der Waals surface area contributed by atoms with Crippen molar-refractivity contribution in [1.82, 2.24) is 0 Å². The lowest BCUT2D eigenvalue weighted by Crippen LogP contribution is -2.14. The van der Waals surface area contributed by atoms with E-state index < -0.39 is 0 Å². The van der Waals surface area contributed by atoms with Crippen LogP contribution in [0.15, 0.2) is 23.3 Å². The van der Waals surface area contributed by atoms with Gasteiger partial charge in [-0.05, 0) is 44.4 Å². The second-order valence-electron chi connectivity index (χ2n) is 5.05. The van der Waals surface area contributed by atoms with Gasteiger partial charge in [0.05, 0.1) is 0 Å². The molecule has 0 aromatic rings. The van der Waals surface area contributed by atoms with Gasteiger partial charge < -0.3 is 0 Å². The minimum absolute atomic E-state index is 0.810. The first-order valence-corrected chi connectivity index (χ1v) is 6.74. The van der Waals surface area contributed by atoms with Gasteiger partial charge >= 0.3 is 0 Å². The summed E-state index contributed by atoms with van der Waals surface area (Å²) in [6, 6.07) is 0. The van der Waals surface area contributed by atoms with E-state index in [9.17, 15) is 0 Å². The predicted molar refractivity (Wildman–Crippen MR) is 66.8 cm³/mol. The fourth-order valence-corrected chi connectivity index (χ4v) is 3.32. The van der Waals surface area contributed by atoms with Gasteiger partial charge in [0.2, 0.25) is 0 Å². The minimum atomic E-state index is 0.810. The molecule has 0 fully saturated rings. The summed E-state index contributed by atoms with van der Waals surface area (Å²) >= 11 is 0. The molecule has 0 heteroatoms. The van der Waals surface area contributed by atoms with Crippen LogP contribution in [0.2, 0.25) is 0 Å². The molecule has 2 rings (SSSR count). The molecule has 0 saturated heterocycles. The minimum Gasteiger partial charge on any atom is -0.0876 e. The highest BCUT2D eigenvalue weighted by Crippen LogP contribution is 2.40. The molecular formula is C15H24. The highest BCUT2D eigenvalue weighted by atomic mass is 14.3. The standard InChI is InChI=1S/C15H24/c1-3-12-8-5-6-10-14(12)15-11-7-9-13(15)4-2/h7,11,13,15H,3-6,8-10H2,1-2H3. The average Bonchev–Trinajstić information content (AvgIpc) is 2.76. The highest BCUT2D eigenvalue weighted by Gasteiger charge is 2.27. The summed E-state index contributed by atoms with van der Waals surface area (Å²) in [6.07, 6.45) is 14.5. The number of hydrogen-bond donors (Lipinski definition) is 0. The van der Waals surface area contributed by atoms with Crippen LogP contribution in [0.3, 0.4) is 0 Å². The largest absolute Gasteiger partial charge is 0.0876 e. The molecule has 0 aromatic carbocycles. The molecule has 2 aliphatic carbocycles. The zero-order chi connectivity index (χ0) is 10.7. The SMILES string of the molecule is CCC1=C(C2C=CCC2CC)CCCC1. The maximum absolute atomic E-state index is 2.49. The summed E-state index contributed by atoms with van der Waals surface area (Å²) in [7, 11) is 0. The molecular weight excluding hydrogens is 180 g/mol. The van der Waals surface area contributed by atoms with E-state index in [0.717, 1.165) is 11.8 Å². The zero-order valence-electron chi connectivity index (χ0n) is 10.3. The van der Waals surface area contributed by atoms with Crippen LogP contribution >= 0.6 is 0 Å². The van der Waals surface area contributed by atoms with Crippen LogP contribution < -0.4 is 0 Å². The van der Waals surface area contributed by atoms with Crippen LogP contribution in [0, 0.1) is 11.8 Å². The first-order valence-electron chi connectivity index (χ1n) is 6.74. The van der Waals surface area contributed by atoms with Crippen LogP contribution in [0.25, 0.3) is 0 Å². The monoisotopic (exact) mass is 204 g/mol. The van der Waals surface area contributed by atoms with Crippen molar-refractivity contribution in [1.29, 1.82) is 0 Å². The Morgan fingerprint density at radius 2 is 2.00 bits per heavy atom. The molecule has 0 nitrogen and oxygen atoms in total. The van der Waals surface area contributed by atoms with Gasteiger partial charge in [0, 0.05) is 5.92 Å². The van der Waals surface area contributed by atoms with E-state index in [1.165, 1.54) is 44.9 Å². The van der Waals surface area contributed by atoms with Crippen molar-refractivity contribution < 1.29 is 0 Å². The first-order chi connectivity index (χ1) is 7.36. The van der Waals surface area contributed by atoms with E-state index >= 15 is 0 Å². The van der Waals surface area contributed by atoms with E-state index in [1.54, 1.807) is 5.57 Å². The number of rotatable bonds is 3. The molecule has 0 spiro atoms. The molecule has 2 unspecified atom stereocenters. The lowest BCUT2D eigenvalue weighted by Gasteiger charge is -2.27. The van der Waals surface area contributed by atoms with E-state index in [0.29, 0.717) is 0 Å². The van der Waals surface area contributed by atoms with Crippen molar-refractivity contribution in [3.05, 3.63) is 23.3 Å². The zero-order valence-corrected chi connectivity index (χ0v) is 10.3. The van der Waals surface area contributed by atoms with Crippen LogP contribution in [0.4, 0.5) is 0 Å². The second-order valence-corrected chi connectivity index (χ2v) is 5.05. The number of allylic oxidation sites excluding steroid dienone is 4. The smallest absolute Gasteiger partial charge is 0.00105 e. The van der Waals surface area contributed by atoms with E-state index in [2.05, 4.69) is 26.0 Å².